The highest BCUT2D eigenvalue weighted by atomic mass is 16.5. The molecule has 140 valence electrons. The molecule has 0 saturated heterocycles. The summed E-state index contributed by atoms with van der Waals surface area (Å²) in [6.07, 6.45) is 2.08. The highest BCUT2D eigenvalue weighted by Crippen LogP contribution is 2.41. The first kappa shape index (κ1) is 18.0. The molecular formula is C23H26N2O2. The van der Waals surface area contributed by atoms with Crippen LogP contribution in [-0.4, -0.2) is 28.3 Å². The molecule has 2 heterocycles. The van der Waals surface area contributed by atoms with Crippen LogP contribution in [0, 0.1) is 6.92 Å². The smallest absolute Gasteiger partial charge is 0.131 e. The molecule has 0 radical (unpaired) electrons. The maximum atomic E-state index is 11.0. The van der Waals surface area contributed by atoms with Gasteiger partial charge in [0.1, 0.15) is 17.5 Å². The first-order valence-electron chi connectivity index (χ1n) is 9.49. The molecule has 0 saturated carbocycles. The van der Waals surface area contributed by atoms with Crippen molar-refractivity contribution in [1.82, 2.24) is 10.3 Å². The van der Waals surface area contributed by atoms with Crippen molar-refractivity contribution >= 4 is 10.9 Å². The molecule has 1 aromatic heterocycles. The zero-order valence-electron chi connectivity index (χ0n) is 16.1. The molecule has 4 rings (SSSR count). The van der Waals surface area contributed by atoms with E-state index in [9.17, 15) is 5.11 Å². The normalized spacial score (nSPS) is 20.9. The van der Waals surface area contributed by atoms with Crippen molar-refractivity contribution in [2.75, 3.05) is 6.54 Å². The average molecular weight is 362 g/mol. The number of nitrogens with zero attached hydrogens (tertiary/aromatic N) is 1. The van der Waals surface area contributed by atoms with Gasteiger partial charge in [-0.25, -0.2) is 0 Å². The number of aromatic nitrogens is 1. The molecule has 0 unspecified atom stereocenters. The van der Waals surface area contributed by atoms with Crippen molar-refractivity contribution < 1.29 is 9.84 Å². The first-order valence-corrected chi connectivity index (χ1v) is 9.49. The van der Waals surface area contributed by atoms with E-state index in [-0.39, 0.29) is 6.04 Å². The van der Waals surface area contributed by atoms with Gasteiger partial charge in [0.05, 0.1) is 11.6 Å². The van der Waals surface area contributed by atoms with Crippen LogP contribution in [0.1, 0.15) is 36.6 Å². The van der Waals surface area contributed by atoms with Crippen molar-refractivity contribution in [1.29, 1.82) is 0 Å². The summed E-state index contributed by atoms with van der Waals surface area (Å²) in [5.41, 5.74) is 3.69. The molecule has 0 bridgehead atoms. The van der Waals surface area contributed by atoms with E-state index in [0.717, 1.165) is 35.2 Å². The van der Waals surface area contributed by atoms with E-state index < -0.39 is 11.7 Å². The monoisotopic (exact) mass is 362 g/mol. The van der Waals surface area contributed by atoms with Crippen LogP contribution >= 0.6 is 0 Å². The fourth-order valence-electron chi connectivity index (χ4n) is 3.81. The van der Waals surface area contributed by atoms with Gasteiger partial charge in [0.25, 0.3) is 0 Å². The average Bonchev–Trinajstić information content (AvgIpc) is 2.65. The number of rotatable bonds is 4. The van der Waals surface area contributed by atoms with Crippen LogP contribution < -0.4 is 10.1 Å². The highest BCUT2D eigenvalue weighted by molar-refractivity contribution is 5.84. The van der Waals surface area contributed by atoms with Crippen LogP contribution in [-0.2, 0) is 6.42 Å². The van der Waals surface area contributed by atoms with Crippen molar-refractivity contribution in [2.45, 2.75) is 44.9 Å². The molecule has 1 aliphatic heterocycles. The van der Waals surface area contributed by atoms with Crippen molar-refractivity contribution in [3.63, 3.8) is 0 Å². The minimum atomic E-state index is -0.665. The van der Waals surface area contributed by atoms with Gasteiger partial charge in [0, 0.05) is 17.1 Å². The molecule has 0 aliphatic carbocycles. The Hall–Kier alpha value is -2.43. The molecule has 3 aromatic rings. The van der Waals surface area contributed by atoms with Crippen LogP contribution in [0.25, 0.3) is 10.9 Å². The quantitative estimate of drug-likeness (QED) is 0.738. The Morgan fingerprint density at radius 3 is 2.70 bits per heavy atom. The van der Waals surface area contributed by atoms with E-state index in [1.54, 1.807) is 0 Å². The lowest BCUT2D eigenvalue weighted by molar-refractivity contribution is -0.0642. The van der Waals surface area contributed by atoms with E-state index in [4.69, 9.17) is 4.74 Å². The second kappa shape index (κ2) is 6.95. The van der Waals surface area contributed by atoms with Crippen LogP contribution in [0.5, 0.6) is 5.75 Å². The molecule has 4 heteroatoms. The number of hydrogen-bond acceptors (Lipinski definition) is 4. The molecule has 2 N–H and O–H groups in total. The topological polar surface area (TPSA) is 54.4 Å². The molecule has 27 heavy (non-hydrogen) atoms. The summed E-state index contributed by atoms with van der Waals surface area (Å²) in [6.45, 7) is 6.73. The van der Waals surface area contributed by atoms with Gasteiger partial charge in [-0.2, -0.15) is 0 Å². The van der Waals surface area contributed by atoms with E-state index in [1.165, 1.54) is 11.1 Å². The van der Waals surface area contributed by atoms with Crippen LogP contribution in [0.3, 0.4) is 0 Å². The second-order valence-electron chi connectivity index (χ2n) is 7.85. The van der Waals surface area contributed by atoms with Gasteiger partial charge in [0.2, 0.25) is 0 Å². The number of aliphatic hydroxyl groups is 1. The first-order chi connectivity index (χ1) is 13.0. The number of nitrogens with one attached hydrogen (secondary N) is 1. The molecular weight excluding hydrogens is 336 g/mol. The van der Waals surface area contributed by atoms with Crippen LogP contribution in [0.2, 0.25) is 0 Å². The Balaban J connectivity index is 1.66. The summed E-state index contributed by atoms with van der Waals surface area (Å²) in [7, 11) is 0. The SMILES string of the molecule is Cc1ccnc2cc3c(cc12)OC(C)(C)[C@H](O)[C@H]3NCCc1ccccc1. The lowest BCUT2D eigenvalue weighted by Gasteiger charge is -2.42. The molecule has 0 fully saturated rings. The lowest BCUT2D eigenvalue weighted by atomic mass is 9.85. The van der Waals surface area contributed by atoms with Gasteiger partial charge >= 0.3 is 0 Å². The summed E-state index contributed by atoms with van der Waals surface area (Å²) in [4.78, 5) is 4.51. The number of aliphatic hydroxyl groups excluding tert-OH is 1. The van der Waals surface area contributed by atoms with Crippen molar-refractivity contribution in [2.24, 2.45) is 0 Å². The lowest BCUT2D eigenvalue weighted by Crippen LogP contribution is -2.52. The fourth-order valence-corrected chi connectivity index (χ4v) is 3.81. The Labute approximate surface area is 160 Å². The minimum absolute atomic E-state index is 0.195. The molecule has 1 aliphatic rings. The predicted octanol–water partition coefficient (Wildman–Crippen LogP) is 3.95. The maximum absolute atomic E-state index is 11.0. The van der Waals surface area contributed by atoms with Gasteiger partial charge in [-0.05, 0) is 63.1 Å². The number of benzene rings is 2. The predicted molar refractivity (Wildman–Crippen MR) is 108 cm³/mol. The zero-order valence-corrected chi connectivity index (χ0v) is 16.1. The molecule has 0 spiro atoms. The molecule has 2 aromatic carbocycles. The van der Waals surface area contributed by atoms with E-state index in [1.807, 2.05) is 32.2 Å². The van der Waals surface area contributed by atoms with E-state index >= 15 is 0 Å². The van der Waals surface area contributed by atoms with E-state index in [0.29, 0.717) is 0 Å². The van der Waals surface area contributed by atoms with Crippen LogP contribution in [0.15, 0.2) is 54.7 Å². The van der Waals surface area contributed by atoms with Gasteiger partial charge < -0.3 is 15.2 Å². The maximum Gasteiger partial charge on any atom is 0.131 e. The molecule has 4 nitrogen and oxygen atoms in total. The summed E-state index contributed by atoms with van der Waals surface area (Å²) in [5.74, 6) is 0.825. The third-order valence-electron chi connectivity index (χ3n) is 5.45. The third kappa shape index (κ3) is 3.43. The van der Waals surface area contributed by atoms with E-state index in [2.05, 4.69) is 53.6 Å². The standard InChI is InChI=1S/C23H26N2O2/c1-15-9-11-24-19-13-18-20(14-17(15)19)27-23(2,3)22(26)21(18)25-12-10-16-7-5-4-6-8-16/h4-9,11,13-14,21-22,25-26H,10,12H2,1-3H3/t21-,22+/m0/s1. The third-order valence-corrected chi connectivity index (χ3v) is 5.45. The minimum Gasteiger partial charge on any atom is -0.485 e. The van der Waals surface area contributed by atoms with Crippen LogP contribution in [0.4, 0.5) is 0 Å². The Kier molecular flexibility index (Phi) is 4.62. The fraction of sp³-hybridized carbons (Fsp3) is 0.348. The highest BCUT2D eigenvalue weighted by Gasteiger charge is 2.42. The molecule has 0 amide bonds. The zero-order chi connectivity index (χ0) is 19.0. The summed E-state index contributed by atoms with van der Waals surface area (Å²) >= 11 is 0. The van der Waals surface area contributed by atoms with Gasteiger partial charge in [-0.15, -0.1) is 0 Å². The van der Waals surface area contributed by atoms with Gasteiger partial charge in [-0.3, -0.25) is 4.98 Å². The molecule has 2 atom stereocenters. The number of hydrogen-bond donors (Lipinski definition) is 2. The Bertz CT molecular complexity index is 953. The van der Waals surface area contributed by atoms with Gasteiger partial charge in [0.15, 0.2) is 0 Å². The van der Waals surface area contributed by atoms with Gasteiger partial charge in [-0.1, -0.05) is 30.3 Å². The number of pyridine rings is 1. The summed E-state index contributed by atoms with van der Waals surface area (Å²) in [6, 6.07) is 16.3. The second-order valence-corrected chi connectivity index (χ2v) is 7.85. The summed E-state index contributed by atoms with van der Waals surface area (Å²) in [5, 5.41) is 15.6. The largest absolute Gasteiger partial charge is 0.485 e. The Morgan fingerprint density at radius 1 is 1.15 bits per heavy atom. The summed E-state index contributed by atoms with van der Waals surface area (Å²) < 4.78 is 6.17. The Morgan fingerprint density at radius 2 is 1.93 bits per heavy atom. The number of ether oxygens (including phenoxy) is 1. The number of fused-ring (bicyclic) bond motifs is 2. The van der Waals surface area contributed by atoms with Crippen molar-refractivity contribution in [3.8, 4) is 5.75 Å². The number of aryl methyl sites for hydroxylation is 1. The van der Waals surface area contributed by atoms with Crippen molar-refractivity contribution in [3.05, 3.63) is 71.4 Å².